The molecule has 36 heavy (non-hydrogen) atoms. The van der Waals surface area contributed by atoms with Gasteiger partial charge in [0.2, 0.25) is 0 Å². The summed E-state index contributed by atoms with van der Waals surface area (Å²) in [6.07, 6.45) is 12.8. The minimum absolute atomic E-state index is 0.0754. The highest BCUT2D eigenvalue weighted by Crippen LogP contribution is 2.30. The van der Waals surface area contributed by atoms with Gasteiger partial charge >= 0.3 is 0 Å². The first-order valence-corrected chi connectivity index (χ1v) is 12.8. The SMILES string of the molecule is O=CCC(Cn1ccnc1)c1ccc(Cl)c(Cl)c1.OCCC(Cn1ccnc1)c1ccc(Cl)c(Cl)c1. The van der Waals surface area contributed by atoms with E-state index in [4.69, 9.17) is 51.5 Å². The molecule has 0 aliphatic carbocycles. The van der Waals surface area contributed by atoms with E-state index in [0.29, 0.717) is 39.5 Å². The Kier molecular flexibility index (Phi) is 11.3. The molecule has 0 spiro atoms. The summed E-state index contributed by atoms with van der Waals surface area (Å²) in [6.45, 7) is 1.59. The number of benzene rings is 2. The largest absolute Gasteiger partial charge is 0.396 e. The van der Waals surface area contributed by atoms with Crippen LogP contribution in [0.1, 0.15) is 35.8 Å². The van der Waals surface area contributed by atoms with E-state index >= 15 is 0 Å². The highest BCUT2D eigenvalue weighted by atomic mass is 35.5. The van der Waals surface area contributed by atoms with Crippen molar-refractivity contribution in [2.45, 2.75) is 37.8 Å². The molecule has 4 aromatic rings. The summed E-state index contributed by atoms with van der Waals surface area (Å²) < 4.78 is 3.93. The molecular formula is C26H26Cl4N4O2. The van der Waals surface area contributed by atoms with Crippen molar-refractivity contribution in [1.29, 1.82) is 0 Å². The topological polar surface area (TPSA) is 72.9 Å². The van der Waals surface area contributed by atoms with Gasteiger partial charge in [-0.1, -0.05) is 58.5 Å². The van der Waals surface area contributed by atoms with E-state index < -0.39 is 0 Å². The van der Waals surface area contributed by atoms with Crippen molar-refractivity contribution >= 4 is 52.7 Å². The number of aliphatic hydroxyl groups is 1. The number of hydrogen-bond acceptors (Lipinski definition) is 4. The maximum Gasteiger partial charge on any atom is 0.120 e. The molecule has 0 fully saturated rings. The predicted molar refractivity (Wildman–Crippen MR) is 145 cm³/mol. The van der Waals surface area contributed by atoms with E-state index in [1.807, 2.05) is 45.8 Å². The number of rotatable bonds is 10. The van der Waals surface area contributed by atoms with Crippen LogP contribution in [0.4, 0.5) is 0 Å². The fraction of sp³-hybridized carbons (Fsp3) is 0.269. The van der Waals surface area contributed by atoms with Crippen molar-refractivity contribution in [3.63, 3.8) is 0 Å². The number of aromatic nitrogens is 4. The third kappa shape index (κ3) is 8.36. The molecule has 1 N–H and O–H groups in total. The van der Waals surface area contributed by atoms with Gasteiger partial charge in [-0.25, -0.2) is 9.97 Å². The van der Waals surface area contributed by atoms with Crippen molar-refractivity contribution in [3.8, 4) is 0 Å². The third-order valence-electron chi connectivity index (χ3n) is 5.67. The second-order valence-electron chi connectivity index (χ2n) is 8.17. The Morgan fingerprint density at radius 3 is 1.69 bits per heavy atom. The molecule has 6 nitrogen and oxygen atoms in total. The average molecular weight is 568 g/mol. The zero-order valence-electron chi connectivity index (χ0n) is 19.4. The quantitative estimate of drug-likeness (QED) is 0.211. The van der Waals surface area contributed by atoms with Crippen LogP contribution in [0.25, 0.3) is 0 Å². The first-order valence-electron chi connectivity index (χ1n) is 11.3. The van der Waals surface area contributed by atoms with Gasteiger partial charge in [0.25, 0.3) is 0 Å². The lowest BCUT2D eigenvalue weighted by molar-refractivity contribution is -0.108. The van der Waals surface area contributed by atoms with Gasteiger partial charge in [0.05, 0.1) is 32.7 Å². The van der Waals surface area contributed by atoms with Gasteiger partial charge in [-0.05, 0) is 41.8 Å². The standard InChI is InChI=1S/C13H14Cl2N2O.C13H12Cl2N2O/c2*14-12-2-1-10(7-13(12)15)11(3-6-18)8-17-5-4-16-9-17/h1-2,4-5,7,9,11,18H,3,6,8H2;1-2,4-7,9,11H,3,8H2. The van der Waals surface area contributed by atoms with Crippen molar-refractivity contribution in [2.75, 3.05) is 6.61 Å². The molecule has 2 heterocycles. The van der Waals surface area contributed by atoms with E-state index in [1.54, 1.807) is 37.2 Å². The van der Waals surface area contributed by atoms with E-state index in [2.05, 4.69) is 9.97 Å². The van der Waals surface area contributed by atoms with Crippen LogP contribution in [0, 0.1) is 0 Å². The number of nitrogens with zero attached hydrogens (tertiary/aromatic N) is 4. The lowest BCUT2D eigenvalue weighted by Gasteiger charge is -2.17. The van der Waals surface area contributed by atoms with Gasteiger partial charge in [0.15, 0.2) is 0 Å². The number of carbonyl (C=O) groups excluding carboxylic acids is 1. The molecule has 0 radical (unpaired) electrons. The normalized spacial score (nSPS) is 12.5. The van der Waals surface area contributed by atoms with Gasteiger partial charge in [0, 0.05) is 62.7 Å². The van der Waals surface area contributed by atoms with Gasteiger partial charge in [-0.3, -0.25) is 0 Å². The summed E-state index contributed by atoms with van der Waals surface area (Å²) in [6, 6.07) is 11.1. The molecular weight excluding hydrogens is 542 g/mol. The summed E-state index contributed by atoms with van der Waals surface area (Å²) in [5.74, 6) is 0.269. The Labute approximate surface area is 230 Å². The van der Waals surface area contributed by atoms with Crippen LogP contribution in [-0.4, -0.2) is 37.1 Å². The van der Waals surface area contributed by atoms with E-state index in [-0.39, 0.29) is 18.4 Å². The fourth-order valence-corrected chi connectivity index (χ4v) is 4.40. The van der Waals surface area contributed by atoms with Crippen LogP contribution in [-0.2, 0) is 17.9 Å². The molecule has 2 aromatic heterocycles. The Morgan fingerprint density at radius 1 is 0.778 bits per heavy atom. The lowest BCUT2D eigenvalue weighted by atomic mass is 9.96. The van der Waals surface area contributed by atoms with Crippen LogP contribution in [0.15, 0.2) is 73.8 Å². The molecule has 2 atom stereocenters. The molecule has 0 bridgehead atoms. The minimum atomic E-state index is 0.0754. The number of halogens is 4. The van der Waals surface area contributed by atoms with Crippen LogP contribution in [0.5, 0.6) is 0 Å². The first-order chi connectivity index (χ1) is 17.4. The summed E-state index contributed by atoms with van der Waals surface area (Å²) in [4.78, 5) is 18.8. The number of imidazole rings is 2. The molecule has 0 saturated heterocycles. The molecule has 0 saturated carbocycles. The lowest BCUT2D eigenvalue weighted by Crippen LogP contribution is -2.10. The molecule has 0 amide bonds. The van der Waals surface area contributed by atoms with Gasteiger partial charge in [-0.15, -0.1) is 0 Å². The summed E-state index contributed by atoms with van der Waals surface area (Å²) in [5, 5.41) is 11.3. The summed E-state index contributed by atoms with van der Waals surface area (Å²) in [7, 11) is 0. The first kappa shape index (κ1) is 28.2. The molecule has 4 rings (SSSR count). The number of aliphatic hydroxyl groups excluding tert-OH is 1. The van der Waals surface area contributed by atoms with Crippen LogP contribution < -0.4 is 0 Å². The Hall–Kier alpha value is -2.35. The van der Waals surface area contributed by atoms with Crippen molar-refractivity contribution in [3.05, 3.63) is 105 Å². The third-order valence-corrected chi connectivity index (χ3v) is 7.15. The van der Waals surface area contributed by atoms with Crippen molar-refractivity contribution < 1.29 is 9.90 Å². The van der Waals surface area contributed by atoms with Crippen LogP contribution >= 0.6 is 46.4 Å². The Balaban J connectivity index is 0.000000201. The monoisotopic (exact) mass is 566 g/mol. The molecule has 10 heteroatoms. The second kappa shape index (κ2) is 14.4. The Morgan fingerprint density at radius 2 is 1.28 bits per heavy atom. The predicted octanol–water partition coefficient (Wildman–Crippen LogP) is 6.92. The molecule has 2 unspecified atom stereocenters. The van der Waals surface area contributed by atoms with E-state index in [1.165, 1.54) is 0 Å². The van der Waals surface area contributed by atoms with Crippen molar-refractivity contribution in [2.24, 2.45) is 0 Å². The highest BCUT2D eigenvalue weighted by Gasteiger charge is 2.14. The number of hydrogen-bond donors (Lipinski definition) is 1. The number of aldehydes is 1. The molecule has 190 valence electrons. The second-order valence-corrected chi connectivity index (χ2v) is 9.80. The van der Waals surface area contributed by atoms with Gasteiger partial charge < -0.3 is 19.0 Å². The molecule has 0 aliphatic heterocycles. The summed E-state index contributed by atoms with van der Waals surface area (Å²) in [5.41, 5.74) is 2.08. The van der Waals surface area contributed by atoms with Crippen LogP contribution in [0.2, 0.25) is 20.1 Å². The Bertz CT molecular complexity index is 1220. The highest BCUT2D eigenvalue weighted by molar-refractivity contribution is 6.42. The van der Waals surface area contributed by atoms with E-state index in [9.17, 15) is 4.79 Å². The summed E-state index contributed by atoms with van der Waals surface area (Å²) >= 11 is 23.8. The maximum absolute atomic E-state index is 10.8. The smallest absolute Gasteiger partial charge is 0.120 e. The fourth-order valence-electron chi connectivity index (χ4n) is 3.78. The molecule has 0 aliphatic rings. The molecule has 2 aromatic carbocycles. The van der Waals surface area contributed by atoms with Gasteiger partial charge in [-0.2, -0.15) is 0 Å². The maximum atomic E-state index is 10.8. The van der Waals surface area contributed by atoms with Crippen molar-refractivity contribution in [1.82, 2.24) is 19.1 Å². The van der Waals surface area contributed by atoms with E-state index in [0.717, 1.165) is 24.0 Å². The zero-order chi connectivity index (χ0) is 25.9. The minimum Gasteiger partial charge on any atom is -0.396 e. The van der Waals surface area contributed by atoms with Gasteiger partial charge in [0.1, 0.15) is 6.29 Å². The van der Waals surface area contributed by atoms with Crippen LogP contribution in [0.3, 0.4) is 0 Å². The average Bonchev–Trinajstić information content (AvgIpc) is 3.57. The zero-order valence-corrected chi connectivity index (χ0v) is 22.4. The number of carbonyl (C=O) groups is 1.